The first-order valence-corrected chi connectivity index (χ1v) is 7.37. The van der Waals surface area contributed by atoms with Gasteiger partial charge in [0.25, 0.3) is 0 Å². The van der Waals surface area contributed by atoms with Gasteiger partial charge in [-0.05, 0) is 49.8 Å². The highest BCUT2D eigenvalue weighted by molar-refractivity contribution is 7.99. The van der Waals surface area contributed by atoms with Crippen LogP contribution in [0, 0.1) is 5.92 Å². The molecule has 0 atom stereocenters. The summed E-state index contributed by atoms with van der Waals surface area (Å²) in [7, 11) is 0. The van der Waals surface area contributed by atoms with Crippen LogP contribution in [0.25, 0.3) is 0 Å². The molecule has 1 heterocycles. The second kappa shape index (κ2) is 8.60. The maximum absolute atomic E-state index is 3.60. The zero-order chi connectivity index (χ0) is 10.1. The summed E-state index contributed by atoms with van der Waals surface area (Å²) in [6.07, 6.45) is 8.40. The molecule has 1 N–H and O–H groups in total. The molecule has 0 unspecified atom stereocenters. The number of hydrogen-bond donors (Lipinski definition) is 1. The molecule has 0 spiro atoms. The average Bonchev–Trinajstić information content (AvgIpc) is 2.25. The van der Waals surface area contributed by atoms with Gasteiger partial charge in [0.2, 0.25) is 0 Å². The lowest BCUT2D eigenvalue weighted by molar-refractivity contribution is 0.442. The fraction of sp³-hybridized carbons (Fsp3) is 1.00. The van der Waals surface area contributed by atoms with E-state index in [0.717, 1.165) is 5.92 Å². The lowest BCUT2D eigenvalue weighted by Crippen LogP contribution is -2.26. The predicted octanol–water partition coefficient (Wildman–Crippen LogP) is 3.30. The van der Waals surface area contributed by atoms with Crippen molar-refractivity contribution in [3.05, 3.63) is 0 Å². The molecule has 1 aliphatic heterocycles. The maximum atomic E-state index is 3.60. The van der Waals surface area contributed by atoms with Crippen molar-refractivity contribution >= 4 is 11.8 Å². The highest BCUT2D eigenvalue weighted by atomic mass is 32.2. The number of unbranched alkanes of at least 4 members (excludes halogenated alkanes) is 3. The molecule has 1 saturated heterocycles. The van der Waals surface area contributed by atoms with E-state index in [9.17, 15) is 0 Å². The second-order valence-electron chi connectivity index (χ2n) is 4.32. The molecule has 0 aromatic heterocycles. The fourth-order valence-corrected chi connectivity index (χ4v) is 3.14. The Kier molecular flexibility index (Phi) is 7.61. The Labute approximate surface area is 93.4 Å². The second-order valence-corrected chi connectivity index (χ2v) is 5.55. The largest absolute Gasteiger partial charge is 0.316 e. The first-order valence-electron chi connectivity index (χ1n) is 6.22. The van der Waals surface area contributed by atoms with Crippen LogP contribution in [0.1, 0.15) is 45.4 Å². The van der Waals surface area contributed by atoms with Gasteiger partial charge in [-0.2, -0.15) is 11.8 Å². The summed E-state index contributed by atoms with van der Waals surface area (Å²) in [5, 5.41) is 3.60. The quantitative estimate of drug-likeness (QED) is 0.654. The number of hydrogen-bond acceptors (Lipinski definition) is 2. The van der Waals surface area contributed by atoms with Crippen LogP contribution < -0.4 is 5.32 Å². The first-order chi connectivity index (χ1) is 6.93. The Morgan fingerprint density at radius 3 is 2.64 bits per heavy atom. The molecular weight excluding hydrogens is 190 g/mol. The van der Waals surface area contributed by atoms with Gasteiger partial charge in [0.05, 0.1) is 0 Å². The number of thioether (sulfide) groups is 1. The molecule has 0 aromatic carbocycles. The van der Waals surface area contributed by atoms with Gasteiger partial charge >= 0.3 is 0 Å². The van der Waals surface area contributed by atoms with Crippen molar-refractivity contribution in [3.63, 3.8) is 0 Å². The van der Waals surface area contributed by atoms with E-state index in [2.05, 4.69) is 24.0 Å². The van der Waals surface area contributed by atoms with Crippen molar-refractivity contribution in [2.75, 3.05) is 24.6 Å². The molecule has 0 amide bonds. The number of nitrogens with one attached hydrogen (secondary N) is 1. The van der Waals surface area contributed by atoms with E-state index in [4.69, 9.17) is 0 Å². The molecule has 0 aromatic rings. The summed E-state index contributed by atoms with van der Waals surface area (Å²) < 4.78 is 0. The summed E-state index contributed by atoms with van der Waals surface area (Å²) in [6, 6.07) is 0. The van der Waals surface area contributed by atoms with Crippen molar-refractivity contribution in [2.45, 2.75) is 45.4 Å². The maximum Gasteiger partial charge on any atom is -0.00199 e. The lowest BCUT2D eigenvalue weighted by Gasteiger charge is -2.21. The highest BCUT2D eigenvalue weighted by Crippen LogP contribution is 2.21. The summed E-state index contributed by atoms with van der Waals surface area (Å²) >= 11 is 2.12. The van der Waals surface area contributed by atoms with Crippen LogP contribution in [0.5, 0.6) is 0 Å². The van der Waals surface area contributed by atoms with Gasteiger partial charge in [-0.15, -0.1) is 0 Å². The summed E-state index contributed by atoms with van der Waals surface area (Å²) in [5.74, 6) is 3.76. The monoisotopic (exact) mass is 215 g/mol. The third kappa shape index (κ3) is 5.92. The van der Waals surface area contributed by atoms with Gasteiger partial charge in [-0.25, -0.2) is 0 Å². The van der Waals surface area contributed by atoms with Crippen molar-refractivity contribution in [2.24, 2.45) is 5.92 Å². The van der Waals surface area contributed by atoms with Crippen LogP contribution >= 0.6 is 11.8 Å². The zero-order valence-electron chi connectivity index (χ0n) is 9.56. The molecule has 2 heteroatoms. The topological polar surface area (TPSA) is 12.0 Å². The van der Waals surface area contributed by atoms with Crippen LogP contribution in [-0.2, 0) is 0 Å². The molecule has 0 radical (unpaired) electrons. The summed E-state index contributed by atoms with van der Waals surface area (Å²) in [6.45, 7) is 4.78. The van der Waals surface area contributed by atoms with Crippen molar-refractivity contribution in [1.82, 2.24) is 5.32 Å². The highest BCUT2D eigenvalue weighted by Gasteiger charge is 2.12. The molecule has 1 fully saturated rings. The van der Waals surface area contributed by atoms with Gasteiger partial charge in [-0.1, -0.05) is 26.2 Å². The van der Waals surface area contributed by atoms with Crippen LogP contribution in [0.2, 0.25) is 0 Å². The summed E-state index contributed by atoms with van der Waals surface area (Å²) in [5.41, 5.74) is 0. The Hall–Kier alpha value is 0.310. The van der Waals surface area contributed by atoms with Crippen molar-refractivity contribution < 1.29 is 0 Å². The molecule has 0 saturated carbocycles. The van der Waals surface area contributed by atoms with Crippen LogP contribution in [0.4, 0.5) is 0 Å². The molecule has 84 valence electrons. The molecule has 0 aliphatic carbocycles. The van der Waals surface area contributed by atoms with Gasteiger partial charge in [-0.3, -0.25) is 0 Å². The third-order valence-electron chi connectivity index (χ3n) is 2.98. The van der Waals surface area contributed by atoms with Crippen molar-refractivity contribution in [1.29, 1.82) is 0 Å². The average molecular weight is 215 g/mol. The van der Waals surface area contributed by atoms with E-state index in [1.165, 1.54) is 63.1 Å². The van der Waals surface area contributed by atoms with E-state index in [1.54, 1.807) is 0 Å². The lowest BCUT2D eigenvalue weighted by atomic mass is 10.0. The third-order valence-corrected chi connectivity index (χ3v) is 4.03. The molecular formula is C12H25NS. The van der Waals surface area contributed by atoms with Gasteiger partial charge in [0.1, 0.15) is 0 Å². The first kappa shape index (κ1) is 12.4. The minimum Gasteiger partial charge on any atom is -0.316 e. The predicted molar refractivity (Wildman–Crippen MR) is 67.1 cm³/mol. The van der Waals surface area contributed by atoms with E-state index in [1.807, 2.05) is 0 Å². The van der Waals surface area contributed by atoms with Crippen molar-refractivity contribution in [3.8, 4) is 0 Å². The number of rotatable bonds is 7. The van der Waals surface area contributed by atoms with Gasteiger partial charge in [0, 0.05) is 0 Å². The SMILES string of the molecule is CCCCCCNCC1CCSCC1. The summed E-state index contributed by atoms with van der Waals surface area (Å²) in [4.78, 5) is 0. The Balaban J connectivity index is 1.82. The van der Waals surface area contributed by atoms with E-state index in [0.29, 0.717) is 0 Å². The van der Waals surface area contributed by atoms with Crippen LogP contribution in [0.3, 0.4) is 0 Å². The standard InChI is InChI=1S/C12H25NS/c1-2-3-4-5-8-13-11-12-6-9-14-10-7-12/h12-13H,2-11H2,1H3. The van der Waals surface area contributed by atoms with Crippen LogP contribution in [-0.4, -0.2) is 24.6 Å². The normalized spacial score (nSPS) is 18.6. The van der Waals surface area contributed by atoms with E-state index in [-0.39, 0.29) is 0 Å². The molecule has 0 bridgehead atoms. The molecule has 1 rings (SSSR count). The Morgan fingerprint density at radius 1 is 1.14 bits per heavy atom. The molecule has 1 nitrogen and oxygen atoms in total. The minimum atomic E-state index is 0.974. The van der Waals surface area contributed by atoms with E-state index < -0.39 is 0 Å². The Bertz CT molecular complexity index is 121. The van der Waals surface area contributed by atoms with Gasteiger partial charge < -0.3 is 5.32 Å². The zero-order valence-corrected chi connectivity index (χ0v) is 10.4. The molecule has 14 heavy (non-hydrogen) atoms. The fourth-order valence-electron chi connectivity index (χ4n) is 1.93. The smallest absolute Gasteiger partial charge is 0.00199 e. The van der Waals surface area contributed by atoms with E-state index >= 15 is 0 Å². The van der Waals surface area contributed by atoms with Gasteiger partial charge in [0.15, 0.2) is 0 Å². The molecule has 1 aliphatic rings. The Morgan fingerprint density at radius 2 is 1.93 bits per heavy atom. The van der Waals surface area contributed by atoms with Crippen LogP contribution in [0.15, 0.2) is 0 Å². The minimum absolute atomic E-state index is 0.974.